The highest BCUT2D eigenvalue weighted by atomic mass is 32.2. The van der Waals surface area contributed by atoms with Crippen LogP contribution in [0.5, 0.6) is 0 Å². The largest absolute Gasteiger partial charge is 0.348 e. The van der Waals surface area contributed by atoms with Crippen molar-refractivity contribution in [1.29, 1.82) is 0 Å². The third-order valence-corrected chi connectivity index (χ3v) is 5.85. The van der Waals surface area contributed by atoms with Gasteiger partial charge in [0.2, 0.25) is 5.91 Å². The first-order valence-corrected chi connectivity index (χ1v) is 9.75. The summed E-state index contributed by atoms with van der Waals surface area (Å²) >= 11 is 0. The molecule has 1 amide bonds. The second-order valence-corrected chi connectivity index (χ2v) is 8.36. The van der Waals surface area contributed by atoms with Crippen LogP contribution in [0, 0.1) is 12.8 Å². The van der Waals surface area contributed by atoms with E-state index >= 15 is 0 Å². The number of aryl methyl sites for hydroxylation is 1. The van der Waals surface area contributed by atoms with Crippen LogP contribution in [0.3, 0.4) is 0 Å². The van der Waals surface area contributed by atoms with E-state index in [2.05, 4.69) is 5.32 Å². The van der Waals surface area contributed by atoms with E-state index in [4.69, 9.17) is 0 Å². The van der Waals surface area contributed by atoms with Gasteiger partial charge in [0, 0.05) is 0 Å². The van der Waals surface area contributed by atoms with Crippen LogP contribution in [-0.2, 0) is 14.6 Å². The minimum atomic E-state index is -3.63. The Morgan fingerprint density at radius 2 is 1.83 bits per heavy atom. The third kappa shape index (κ3) is 4.03. The fourth-order valence-corrected chi connectivity index (χ4v) is 4.09. The van der Waals surface area contributed by atoms with Crippen molar-refractivity contribution >= 4 is 15.7 Å². The summed E-state index contributed by atoms with van der Waals surface area (Å²) in [5.74, 6) is -0.567. The molecule has 0 aliphatic heterocycles. The lowest BCUT2D eigenvalue weighted by atomic mass is 10.0. The van der Waals surface area contributed by atoms with Crippen molar-refractivity contribution in [3.8, 4) is 0 Å². The molecule has 1 N–H and O–H groups in total. The second-order valence-electron chi connectivity index (χ2n) is 6.37. The van der Waals surface area contributed by atoms with Crippen molar-refractivity contribution in [3.05, 3.63) is 65.7 Å². The lowest BCUT2D eigenvalue weighted by Crippen LogP contribution is -2.34. The van der Waals surface area contributed by atoms with Gasteiger partial charge in [-0.25, -0.2) is 8.42 Å². The Morgan fingerprint density at radius 3 is 2.46 bits per heavy atom. The van der Waals surface area contributed by atoms with Crippen LogP contribution < -0.4 is 5.32 Å². The van der Waals surface area contributed by atoms with Gasteiger partial charge in [0.15, 0.2) is 9.84 Å². The molecule has 1 atom stereocenters. The van der Waals surface area contributed by atoms with Crippen molar-refractivity contribution in [2.75, 3.05) is 5.75 Å². The Bertz CT molecular complexity index is 827. The molecule has 24 heavy (non-hydrogen) atoms. The molecular formula is C19H21NO3S. The molecule has 3 rings (SSSR count). The quantitative estimate of drug-likeness (QED) is 0.877. The zero-order chi connectivity index (χ0) is 17.2. The van der Waals surface area contributed by atoms with E-state index in [-0.39, 0.29) is 10.9 Å². The van der Waals surface area contributed by atoms with E-state index in [0.29, 0.717) is 5.92 Å². The molecule has 0 aromatic heterocycles. The van der Waals surface area contributed by atoms with Gasteiger partial charge in [-0.2, -0.15) is 0 Å². The molecule has 2 aromatic carbocycles. The van der Waals surface area contributed by atoms with E-state index in [1.165, 1.54) is 6.07 Å². The average molecular weight is 343 g/mol. The summed E-state index contributed by atoms with van der Waals surface area (Å²) in [6.07, 6.45) is 2.12. The molecule has 0 spiro atoms. The highest BCUT2D eigenvalue weighted by Crippen LogP contribution is 2.40. The zero-order valence-electron chi connectivity index (χ0n) is 13.6. The summed E-state index contributed by atoms with van der Waals surface area (Å²) < 4.78 is 24.9. The molecule has 1 fully saturated rings. The molecule has 2 aromatic rings. The maximum atomic E-state index is 12.4. The number of hydrogen-bond donors (Lipinski definition) is 1. The summed E-state index contributed by atoms with van der Waals surface area (Å²) in [6, 6.07) is 16.3. The lowest BCUT2D eigenvalue weighted by Gasteiger charge is -2.19. The normalized spacial score (nSPS) is 15.7. The van der Waals surface area contributed by atoms with E-state index in [1.807, 2.05) is 43.3 Å². The smallest absolute Gasteiger partial charge is 0.236 e. The van der Waals surface area contributed by atoms with Gasteiger partial charge in [-0.3, -0.25) is 4.79 Å². The first kappa shape index (κ1) is 16.7. The Hall–Kier alpha value is -2.14. The lowest BCUT2D eigenvalue weighted by molar-refractivity contribution is -0.119. The maximum Gasteiger partial charge on any atom is 0.236 e. The Labute approximate surface area is 142 Å². The molecular weight excluding hydrogens is 322 g/mol. The van der Waals surface area contributed by atoms with Gasteiger partial charge in [-0.05, 0) is 48.9 Å². The number of sulfone groups is 1. The van der Waals surface area contributed by atoms with Crippen LogP contribution in [0.15, 0.2) is 59.5 Å². The van der Waals surface area contributed by atoms with Crippen LogP contribution in [0.1, 0.15) is 30.0 Å². The van der Waals surface area contributed by atoms with Crippen molar-refractivity contribution in [2.24, 2.45) is 5.92 Å². The number of rotatable bonds is 6. The minimum absolute atomic E-state index is 0.105. The molecule has 0 radical (unpaired) electrons. The molecule has 1 saturated carbocycles. The standard InChI is InChI=1S/C19H21NO3S/c1-14-6-5-9-17(12-14)24(22,23)13-18(21)20-19(16-10-11-16)15-7-3-2-4-8-15/h2-9,12,16,19H,10-11,13H2,1H3,(H,20,21)/t19-/m0/s1. The van der Waals surface area contributed by atoms with Crippen LogP contribution in [0.4, 0.5) is 0 Å². The SMILES string of the molecule is Cc1cccc(S(=O)(=O)CC(=O)N[C@@H](c2ccccc2)C2CC2)c1. The molecule has 0 saturated heterocycles. The van der Waals surface area contributed by atoms with Crippen LogP contribution in [0.25, 0.3) is 0 Å². The van der Waals surface area contributed by atoms with Crippen molar-refractivity contribution < 1.29 is 13.2 Å². The molecule has 0 bridgehead atoms. The third-order valence-electron chi connectivity index (χ3n) is 4.24. The van der Waals surface area contributed by atoms with Gasteiger partial charge in [0.05, 0.1) is 10.9 Å². The number of hydrogen-bond acceptors (Lipinski definition) is 3. The Morgan fingerprint density at radius 1 is 1.12 bits per heavy atom. The number of benzene rings is 2. The maximum absolute atomic E-state index is 12.4. The van der Waals surface area contributed by atoms with E-state index in [0.717, 1.165) is 24.0 Å². The molecule has 126 valence electrons. The Balaban J connectivity index is 1.72. The van der Waals surface area contributed by atoms with E-state index in [1.54, 1.807) is 12.1 Å². The number of carbonyl (C=O) groups excluding carboxylic acids is 1. The van der Waals surface area contributed by atoms with Crippen LogP contribution >= 0.6 is 0 Å². The number of nitrogens with one attached hydrogen (secondary N) is 1. The average Bonchev–Trinajstić information content (AvgIpc) is 3.38. The van der Waals surface area contributed by atoms with E-state index in [9.17, 15) is 13.2 Å². The minimum Gasteiger partial charge on any atom is -0.348 e. The van der Waals surface area contributed by atoms with Crippen LogP contribution in [-0.4, -0.2) is 20.1 Å². The monoisotopic (exact) mass is 343 g/mol. The molecule has 0 unspecified atom stereocenters. The summed E-state index contributed by atoms with van der Waals surface area (Å²) in [5, 5.41) is 2.92. The van der Waals surface area contributed by atoms with Gasteiger partial charge >= 0.3 is 0 Å². The van der Waals surface area contributed by atoms with Crippen LogP contribution in [0.2, 0.25) is 0 Å². The van der Waals surface area contributed by atoms with Crippen molar-refractivity contribution in [2.45, 2.75) is 30.7 Å². The first-order valence-electron chi connectivity index (χ1n) is 8.09. The van der Waals surface area contributed by atoms with Crippen molar-refractivity contribution in [3.63, 3.8) is 0 Å². The summed E-state index contributed by atoms with van der Waals surface area (Å²) in [5.41, 5.74) is 1.89. The predicted octanol–water partition coefficient (Wildman–Crippen LogP) is 3.04. The molecule has 5 heteroatoms. The molecule has 0 heterocycles. The highest BCUT2D eigenvalue weighted by molar-refractivity contribution is 7.92. The predicted molar refractivity (Wildman–Crippen MR) is 93.3 cm³/mol. The second kappa shape index (κ2) is 6.77. The van der Waals surface area contributed by atoms with E-state index < -0.39 is 21.5 Å². The fourth-order valence-electron chi connectivity index (χ4n) is 2.84. The molecule has 1 aliphatic rings. The van der Waals surface area contributed by atoms with Crippen molar-refractivity contribution in [1.82, 2.24) is 5.32 Å². The molecule has 4 nitrogen and oxygen atoms in total. The van der Waals surface area contributed by atoms with Gasteiger partial charge in [-0.15, -0.1) is 0 Å². The first-order chi connectivity index (χ1) is 11.5. The summed E-state index contributed by atoms with van der Waals surface area (Å²) in [7, 11) is -3.63. The number of amides is 1. The van der Waals surface area contributed by atoms with Gasteiger partial charge in [-0.1, -0.05) is 42.5 Å². The summed E-state index contributed by atoms with van der Waals surface area (Å²) in [4.78, 5) is 12.5. The zero-order valence-corrected chi connectivity index (χ0v) is 14.4. The molecule has 1 aliphatic carbocycles. The summed E-state index contributed by atoms with van der Waals surface area (Å²) in [6.45, 7) is 1.83. The van der Waals surface area contributed by atoms with Gasteiger partial charge in [0.1, 0.15) is 5.75 Å². The van der Waals surface area contributed by atoms with Gasteiger partial charge in [0.25, 0.3) is 0 Å². The number of carbonyl (C=O) groups is 1. The topological polar surface area (TPSA) is 63.2 Å². The fraction of sp³-hybridized carbons (Fsp3) is 0.316. The van der Waals surface area contributed by atoms with Gasteiger partial charge < -0.3 is 5.32 Å². The Kier molecular flexibility index (Phi) is 4.71. The highest BCUT2D eigenvalue weighted by Gasteiger charge is 2.34.